The van der Waals surface area contributed by atoms with Crippen LogP contribution in [0.5, 0.6) is 0 Å². The van der Waals surface area contributed by atoms with Crippen LogP contribution < -0.4 is 0 Å². The SMILES string of the molecule is Cc1cccc(/C=C/C(=O)OCc2nnc(-c3ccc(Cl)cc3)o2)c1. The van der Waals surface area contributed by atoms with Crippen molar-refractivity contribution in [2.45, 2.75) is 13.5 Å². The summed E-state index contributed by atoms with van der Waals surface area (Å²) in [7, 11) is 0. The number of aromatic nitrogens is 2. The van der Waals surface area contributed by atoms with Gasteiger partial charge >= 0.3 is 5.97 Å². The van der Waals surface area contributed by atoms with Crippen LogP contribution >= 0.6 is 11.6 Å². The molecule has 0 amide bonds. The number of benzene rings is 2. The molecule has 0 bridgehead atoms. The second kappa shape index (κ2) is 7.77. The largest absolute Gasteiger partial charge is 0.452 e. The van der Waals surface area contributed by atoms with Crippen molar-refractivity contribution in [1.29, 1.82) is 0 Å². The molecule has 0 spiro atoms. The number of halogens is 1. The summed E-state index contributed by atoms with van der Waals surface area (Å²) in [6.45, 7) is 1.90. The van der Waals surface area contributed by atoms with Crippen LogP contribution in [-0.4, -0.2) is 16.2 Å². The standard InChI is InChI=1S/C19H15ClN2O3/c1-13-3-2-4-14(11-13)5-10-18(23)24-12-17-21-22-19(25-17)15-6-8-16(20)9-7-15/h2-11H,12H2,1H3/b10-5+. The normalized spacial score (nSPS) is 11.0. The molecule has 0 fully saturated rings. The Morgan fingerprint density at radius 1 is 1.20 bits per heavy atom. The van der Waals surface area contributed by atoms with Crippen LogP contribution in [0, 0.1) is 6.92 Å². The van der Waals surface area contributed by atoms with Crippen LogP contribution in [-0.2, 0) is 16.1 Å². The highest BCUT2D eigenvalue weighted by Crippen LogP contribution is 2.20. The fraction of sp³-hybridized carbons (Fsp3) is 0.105. The van der Waals surface area contributed by atoms with E-state index in [2.05, 4.69) is 10.2 Å². The lowest BCUT2D eigenvalue weighted by atomic mass is 10.1. The summed E-state index contributed by atoms with van der Waals surface area (Å²) in [5.74, 6) is 0.0908. The third-order valence-electron chi connectivity index (χ3n) is 3.35. The zero-order valence-corrected chi connectivity index (χ0v) is 14.2. The second-order valence-corrected chi connectivity index (χ2v) is 5.80. The Morgan fingerprint density at radius 2 is 2.00 bits per heavy atom. The van der Waals surface area contributed by atoms with E-state index in [0.29, 0.717) is 10.9 Å². The zero-order chi connectivity index (χ0) is 17.6. The maximum atomic E-state index is 11.8. The highest BCUT2D eigenvalue weighted by Gasteiger charge is 2.10. The Morgan fingerprint density at radius 3 is 2.76 bits per heavy atom. The first-order valence-corrected chi connectivity index (χ1v) is 7.98. The molecule has 1 heterocycles. The number of rotatable bonds is 5. The summed E-state index contributed by atoms with van der Waals surface area (Å²) in [5, 5.41) is 8.42. The minimum absolute atomic E-state index is 0.0857. The van der Waals surface area contributed by atoms with E-state index in [1.54, 1.807) is 30.3 Å². The zero-order valence-electron chi connectivity index (χ0n) is 13.5. The summed E-state index contributed by atoms with van der Waals surface area (Å²) in [4.78, 5) is 11.8. The highest BCUT2D eigenvalue weighted by atomic mass is 35.5. The van der Waals surface area contributed by atoms with E-state index >= 15 is 0 Å². The lowest BCUT2D eigenvalue weighted by Gasteiger charge is -1.98. The van der Waals surface area contributed by atoms with Crippen molar-refractivity contribution in [2.24, 2.45) is 0 Å². The lowest BCUT2D eigenvalue weighted by Crippen LogP contribution is -2.00. The van der Waals surface area contributed by atoms with Crippen molar-refractivity contribution >= 4 is 23.6 Å². The first-order chi connectivity index (χ1) is 12.1. The van der Waals surface area contributed by atoms with Crippen molar-refractivity contribution in [3.05, 3.63) is 76.6 Å². The topological polar surface area (TPSA) is 65.2 Å². The molecule has 1 aromatic heterocycles. The van der Waals surface area contributed by atoms with E-state index in [1.807, 2.05) is 31.2 Å². The summed E-state index contributed by atoms with van der Waals surface area (Å²) in [6, 6.07) is 14.8. The molecule has 3 rings (SSSR count). The molecule has 25 heavy (non-hydrogen) atoms. The van der Waals surface area contributed by atoms with Gasteiger partial charge in [-0.2, -0.15) is 0 Å². The number of ether oxygens (including phenoxy) is 1. The van der Waals surface area contributed by atoms with E-state index < -0.39 is 5.97 Å². The van der Waals surface area contributed by atoms with Crippen molar-refractivity contribution in [1.82, 2.24) is 10.2 Å². The van der Waals surface area contributed by atoms with Gasteiger partial charge in [-0.1, -0.05) is 41.4 Å². The van der Waals surface area contributed by atoms with Gasteiger partial charge in [0.15, 0.2) is 6.61 Å². The quantitative estimate of drug-likeness (QED) is 0.500. The Bertz CT molecular complexity index is 901. The molecule has 0 aliphatic rings. The Labute approximate surface area is 149 Å². The molecule has 0 saturated carbocycles. The number of hydrogen-bond acceptors (Lipinski definition) is 5. The molecular weight excluding hydrogens is 340 g/mol. The van der Waals surface area contributed by atoms with Crippen molar-refractivity contribution in [2.75, 3.05) is 0 Å². The van der Waals surface area contributed by atoms with Gasteiger partial charge < -0.3 is 9.15 Å². The molecule has 3 aromatic rings. The number of nitrogens with zero attached hydrogens (tertiary/aromatic N) is 2. The first-order valence-electron chi connectivity index (χ1n) is 7.60. The average Bonchev–Trinajstić information content (AvgIpc) is 3.08. The molecule has 0 unspecified atom stereocenters. The van der Waals surface area contributed by atoms with Gasteiger partial charge in [-0.05, 0) is 42.8 Å². The Hall–Kier alpha value is -2.92. The number of carbonyl (C=O) groups is 1. The predicted octanol–water partition coefficient (Wildman–Crippen LogP) is 4.46. The summed E-state index contributed by atoms with van der Waals surface area (Å²) < 4.78 is 10.6. The molecule has 0 atom stereocenters. The molecule has 126 valence electrons. The molecule has 6 heteroatoms. The van der Waals surface area contributed by atoms with E-state index in [-0.39, 0.29) is 12.5 Å². The van der Waals surface area contributed by atoms with E-state index in [4.69, 9.17) is 20.8 Å². The van der Waals surface area contributed by atoms with Crippen LogP contribution in [0.15, 0.2) is 59.0 Å². The lowest BCUT2D eigenvalue weighted by molar-refractivity contribution is -0.139. The van der Waals surface area contributed by atoms with Gasteiger partial charge in [0.25, 0.3) is 5.89 Å². The Balaban J connectivity index is 1.56. The second-order valence-electron chi connectivity index (χ2n) is 5.36. The maximum Gasteiger partial charge on any atom is 0.331 e. The van der Waals surface area contributed by atoms with Gasteiger partial charge in [-0.3, -0.25) is 0 Å². The third-order valence-corrected chi connectivity index (χ3v) is 3.60. The minimum atomic E-state index is -0.479. The smallest absolute Gasteiger partial charge is 0.331 e. The number of aryl methyl sites for hydroxylation is 1. The van der Waals surface area contributed by atoms with Gasteiger partial charge in [0.2, 0.25) is 5.89 Å². The van der Waals surface area contributed by atoms with Gasteiger partial charge in [0.1, 0.15) is 0 Å². The average molecular weight is 355 g/mol. The number of hydrogen-bond donors (Lipinski definition) is 0. The predicted molar refractivity (Wildman–Crippen MR) is 94.8 cm³/mol. The number of carbonyl (C=O) groups excluding carboxylic acids is 1. The summed E-state index contributed by atoms with van der Waals surface area (Å²) in [5.41, 5.74) is 2.80. The molecule has 0 aliphatic carbocycles. The molecule has 2 aromatic carbocycles. The van der Waals surface area contributed by atoms with Crippen LogP contribution in [0.25, 0.3) is 17.5 Å². The maximum absolute atomic E-state index is 11.8. The van der Waals surface area contributed by atoms with Gasteiger partial charge in [0, 0.05) is 16.7 Å². The summed E-state index contributed by atoms with van der Waals surface area (Å²) >= 11 is 5.84. The fourth-order valence-corrected chi connectivity index (χ4v) is 2.27. The van der Waals surface area contributed by atoms with Gasteiger partial charge in [-0.15, -0.1) is 10.2 Å². The van der Waals surface area contributed by atoms with Crippen LogP contribution in [0.4, 0.5) is 0 Å². The molecule has 5 nitrogen and oxygen atoms in total. The molecule has 0 N–H and O–H groups in total. The molecule has 0 saturated heterocycles. The third kappa shape index (κ3) is 4.78. The minimum Gasteiger partial charge on any atom is -0.452 e. The van der Waals surface area contributed by atoms with Crippen LogP contribution in [0.3, 0.4) is 0 Å². The van der Waals surface area contributed by atoms with Crippen molar-refractivity contribution in [3.8, 4) is 11.5 Å². The van der Waals surface area contributed by atoms with Crippen LogP contribution in [0.2, 0.25) is 5.02 Å². The first kappa shape index (κ1) is 16.9. The van der Waals surface area contributed by atoms with Gasteiger partial charge in [-0.25, -0.2) is 4.79 Å². The van der Waals surface area contributed by atoms with Crippen molar-refractivity contribution < 1.29 is 13.9 Å². The van der Waals surface area contributed by atoms with Crippen LogP contribution in [0.1, 0.15) is 17.0 Å². The monoisotopic (exact) mass is 354 g/mol. The molecule has 0 aliphatic heterocycles. The highest BCUT2D eigenvalue weighted by molar-refractivity contribution is 6.30. The number of esters is 1. The molecular formula is C19H15ClN2O3. The van der Waals surface area contributed by atoms with Crippen molar-refractivity contribution in [3.63, 3.8) is 0 Å². The Kier molecular flexibility index (Phi) is 5.26. The van der Waals surface area contributed by atoms with E-state index in [1.165, 1.54) is 6.08 Å². The van der Waals surface area contributed by atoms with E-state index in [9.17, 15) is 4.79 Å². The van der Waals surface area contributed by atoms with E-state index in [0.717, 1.165) is 16.7 Å². The fourth-order valence-electron chi connectivity index (χ4n) is 2.14. The molecule has 0 radical (unpaired) electrons. The summed E-state index contributed by atoms with van der Waals surface area (Å²) in [6.07, 6.45) is 3.06. The van der Waals surface area contributed by atoms with Gasteiger partial charge in [0.05, 0.1) is 0 Å².